The zero-order valence-electron chi connectivity index (χ0n) is 12.2. The Hall–Kier alpha value is -2.38. The van der Waals surface area contributed by atoms with Gasteiger partial charge in [-0.3, -0.25) is 0 Å². The number of nitriles is 1. The lowest BCUT2D eigenvalue weighted by Crippen LogP contribution is -2.17. The normalized spacial score (nSPS) is 10.1. The molecule has 1 N–H and O–H groups in total. The highest BCUT2D eigenvalue weighted by Crippen LogP contribution is 2.11. The first-order valence-corrected chi connectivity index (χ1v) is 7.04. The molecular formula is C17H19N3O. The highest BCUT2D eigenvalue weighted by Gasteiger charge is 2.00. The number of aryl methyl sites for hydroxylation is 1. The lowest BCUT2D eigenvalue weighted by atomic mass is 10.2. The summed E-state index contributed by atoms with van der Waals surface area (Å²) in [6.45, 7) is 4.19. The molecule has 21 heavy (non-hydrogen) atoms. The Morgan fingerprint density at radius 1 is 1.24 bits per heavy atom. The van der Waals surface area contributed by atoms with Crippen LogP contribution in [0.1, 0.15) is 23.2 Å². The smallest absolute Gasteiger partial charge is 0.214 e. The number of aromatic nitrogens is 1. The molecule has 0 amide bonds. The molecule has 0 spiro atoms. The van der Waals surface area contributed by atoms with Crippen LogP contribution in [-0.4, -0.2) is 18.1 Å². The van der Waals surface area contributed by atoms with Crippen molar-refractivity contribution in [1.29, 1.82) is 5.26 Å². The van der Waals surface area contributed by atoms with E-state index < -0.39 is 0 Å². The Bertz CT molecular complexity index is 605. The molecule has 0 saturated carbocycles. The predicted molar refractivity (Wildman–Crippen MR) is 81.9 cm³/mol. The Morgan fingerprint density at radius 3 is 2.81 bits per heavy atom. The van der Waals surface area contributed by atoms with Crippen molar-refractivity contribution in [3.8, 4) is 11.9 Å². The maximum Gasteiger partial charge on any atom is 0.214 e. The van der Waals surface area contributed by atoms with Gasteiger partial charge in [-0.2, -0.15) is 5.26 Å². The first kappa shape index (κ1) is 15.0. The van der Waals surface area contributed by atoms with Crippen LogP contribution in [0.5, 0.6) is 5.88 Å². The van der Waals surface area contributed by atoms with Gasteiger partial charge in [-0.05, 0) is 31.5 Å². The summed E-state index contributed by atoms with van der Waals surface area (Å²) >= 11 is 0. The van der Waals surface area contributed by atoms with Crippen LogP contribution < -0.4 is 10.1 Å². The molecule has 0 saturated heterocycles. The van der Waals surface area contributed by atoms with Crippen LogP contribution in [0.3, 0.4) is 0 Å². The van der Waals surface area contributed by atoms with Crippen LogP contribution in [0.2, 0.25) is 0 Å². The summed E-state index contributed by atoms with van der Waals surface area (Å²) in [4.78, 5) is 4.25. The Balaban J connectivity index is 1.66. The molecule has 0 atom stereocenters. The third-order valence-electron chi connectivity index (χ3n) is 2.98. The van der Waals surface area contributed by atoms with E-state index in [1.807, 2.05) is 25.1 Å². The molecular weight excluding hydrogens is 262 g/mol. The summed E-state index contributed by atoms with van der Waals surface area (Å²) in [5.74, 6) is 0.523. The van der Waals surface area contributed by atoms with E-state index in [1.165, 1.54) is 5.56 Å². The molecule has 1 aromatic carbocycles. The summed E-state index contributed by atoms with van der Waals surface area (Å²) in [5.41, 5.74) is 2.66. The van der Waals surface area contributed by atoms with E-state index in [1.54, 1.807) is 12.1 Å². The average Bonchev–Trinajstić information content (AvgIpc) is 2.51. The van der Waals surface area contributed by atoms with Gasteiger partial charge >= 0.3 is 0 Å². The van der Waals surface area contributed by atoms with Crippen molar-refractivity contribution in [1.82, 2.24) is 10.3 Å². The van der Waals surface area contributed by atoms with Crippen LogP contribution in [-0.2, 0) is 6.54 Å². The molecule has 0 aliphatic rings. The van der Waals surface area contributed by atoms with Crippen LogP contribution in [0.25, 0.3) is 0 Å². The highest BCUT2D eigenvalue weighted by atomic mass is 16.5. The van der Waals surface area contributed by atoms with Crippen molar-refractivity contribution in [2.75, 3.05) is 13.2 Å². The summed E-state index contributed by atoms with van der Waals surface area (Å²) in [6.07, 6.45) is 0.893. The molecule has 0 bridgehead atoms. The van der Waals surface area contributed by atoms with Gasteiger partial charge in [0.25, 0.3) is 0 Å². The van der Waals surface area contributed by atoms with Gasteiger partial charge in [0.1, 0.15) is 0 Å². The van der Waals surface area contributed by atoms with E-state index in [4.69, 9.17) is 10.00 Å². The third kappa shape index (κ3) is 5.25. The minimum Gasteiger partial charge on any atom is -0.478 e. The van der Waals surface area contributed by atoms with Crippen molar-refractivity contribution < 1.29 is 4.74 Å². The molecule has 4 nitrogen and oxygen atoms in total. The minimum absolute atomic E-state index is 0.523. The number of pyridine rings is 1. The standard InChI is InChI=1S/C17H19N3O/c1-14-10-16(12-18)11-17(20-14)21-9-5-8-19-13-15-6-3-2-4-7-15/h2-4,6-7,10-11,19H,5,8-9,13H2,1H3. The van der Waals surface area contributed by atoms with E-state index in [-0.39, 0.29) is 0 Å². The van der Waals surface area contributed by atoms with Crippen LogP contribution in [0.15, 0.2) is 42.5 Å². The van der Waals surface area contributed by atoms with Crippen molar-refractivity contribution in [3.63, 3.8) is 0 Å². The maximum absolute atomic E-state index is 8.89. The van der Waals surface area contributed by atoms with E-state index in [9.17, 15) is 0 Å². The topological polar surface area (TPSA) is 57.9 Å². The fourth-order valence-corrected chi connectivity index (χ4v) is 1.98. The molecule has 4 heteroatoms. The van der Waals surface area contributed by atoms with Gasteiger partial charge in [-0.15, -0.1) is 0 Å². The first-order chi connectivity index (χ1) is 10.3. The third-order valence-corrected chi connectivity index (χ3v) is 2.98. The number of benzene rings is 1. The highest BCUT2D eigenvalue weighted by molar-refractivity contribution is 5.34. The number of nitrogens with zero attached hydrogens (tertiary/aromatic N) is 2. The van der Waals surface area contributed by atoms with Gasteiger partial charge in [0.2, 0.25) is 5.88 Å². The lowest BCUT2D eigenvalue weighted by Gasteiger charge is -2.07. The second kappa shape index (κ2) is 8.03. The van der Waals surface area contributed by atoms with Gasteiger partial charge in [0.15, 0.2) is 0 Å². The van der Waals surface area contributed by atoms with Gasteiger partial charge < -0.3 is 10.1 Å². The number of rotatable bonds is 7. The quantitative estimate of drug-likeness (QED) is 0.793. The van der Waals surface area contributed by atoms with E-state index in [0.29, 0.717) is 18.1 Å². The Kier molecular flexibility index (Phi) is 5.74. The predicted octanol–water partition coefficient (Wildman–Crippen LogP) is 2.82. The summed E-state index contributed by atoms with van der Waals surface area (Å²) in [7, 11) is 0. The van der Waals surface area contributed by atoms with Crippen molar-refractivity contribution in [3.05, 3.63) is 59.3 Å². The minimum atomic E-state index is 0.523. The summed E-state index contributed by atoms with van der Waals surface area (Å²) < 4.78 is 5.58. The lowest BCUT2D eigenvalue weighted by molar-refractivity contribution is 0.296. The summed E-state index contributed by atoms with van der Waals surface area (Å²) in [6, 6.07) is 15.8. The van der Waals surface area contributed by atoms with Crippen molar-refractivity contribution >= 4 is 0 Å². The molecule has 2 aromatic rings. The monoisotopic (exact) mass is 281 g/mol. The van der Waals surface area contributed by atoms with Gasteiger partial charge in [-0.25, -0.2) is 4.98 Å². The first-order valence-electron chi connectivity index (χ1n) is 7.04. The molecule has 0 unspecified atom stereocenters. The number of hydrogen-bond acceptors (Lipinski definition) is 4. The van der Waals surface area contributed by atoms with Gasteiger partial charge in [0, 0.05) is 18.3 Å². The van der Waals surface area contributed by atoms with Crippen molar-refractivity contribution in [2.45, 2.75) is 19.9 Å². The fourth-order valence-electron chi connectivity index (χ4n) is 1.98. The maximum atomic E-state index is 8.89. The molecule has 1 aromatic heterocycles. The van der Waals surface area contributed by atoms with E-state index in [2.05, 4.69) is 28.5 Å². The zero-order chi connectivity index (χ0) is 14.9. The van der Waals surface area contributed by atoms with E-state index >= 15 is 0 Å². The molecule has 0 radical (unpaired) electrons. The molecule has 0 aliphatic carbocycles. The van der Waals surface area contributed by atoms with Crippen molar-refractivity contribution in [2.24, 2.45) is 0 Å². The molecule has 108 valence electrons. The molecule has 2 rings (SSSR count). The number of nitrogens with one attached hydrogen (secondary N) is 1. The van der Waals surface area contributed by atoms with Gasteiger partial charge in [-0.1, -0.05) is 30.3 Å². The SMILES string of the molecule is Cc1cc(C#N)cc(OCCCNCc2ccccc2)n1. The fraction of sp³-hybridized carbons (Fsp3) is 0.294. The summed E-state index contributed by atoms with van der Waals surface area (Å²) in [5, 5.41) is 12.3. The van der Waals surface area contributed by atoms with E-state index in [0.717, 1.165) is 25.2 Å². The molecule has 1 heterocycles. The number of hydrogen-bond donors (Lipinski definition) is 1. The number of ether oxygens (including phenoxy) is 1. The van der Waals surface area contributed by atoms with Gasteiger partial charge in [0.05, 0.1) is 18.2 Å². The largest absolute Gasteiger partial charge is 0.478 e. The van der Waals surface area contributed by atoms with Crippen LogP contribution in [0, 0.1) is 18.3 Å². The Morgan fingerprint density at radius 2 is 2.05 bits per heavy atom. The second-order valence-electron chi connectivity index (χ2n) is 4.81. The average molecular weight is 281 g/mol. The van der Waals surface area contributed by atoms with Crippen LogP contribution in [0.4, 0.5) is 0 Å². The Labute approximate surface area is 125 Å². The molecule has 0 fully saturated rings. The zero-order valence-corrected chi connectivity index (χ0v) is 12.2. The van der Waals surface area contributed by atoms with Crippen LogP contribution >= 0.6 is 0 Å². The molecule has 0 aliphatic heterocycles. The second-order valence-corrected chi connectivity index (χ2v) is 4.81.